The van der Waals surface area contributed by atoms with Gasteiger partial charge in [0.1, 0.15) is 0 Å². The van der Waals surface area contributed by atoms with Crippen LogP contribution in [-0.2, 0) is 0 Å². The number of rotatable bonds is 3. The fourth-order valence-corrected chi connectivity index (χ4v) is 3.85. The van der Waals surface area contributed by atoms with E-state index in [0.717, 1.165) is 21.0 Å². The molecular formula is C15H11ClO2Se. The van der Waals surface area contributed by atoms with Crippen molar-refractivity contribution >= 4 is 37.1 Å². The average Bonchev–Trinajstić information content (AvgIpc) is 2.87. The SMILES string of the molecule is Cl/C(=C\c1ccc2c(c1)OCO2)[Se]c1ccccc1. The van der Waals surface area contributed by atoms with Crippen molar-refractivity contribution < 1.29 is 9.47 Å². The standard InChI is InChI=1S/C15H11ClO2Se/c16-15(19-12-4-2-1-3-5-12)9-11-6-7-13-14(8-11)18-10-17-13/h1-9H,10H2/b15-9+. The van der Waals surface area contributed by atoms with Crippen LogP contribution >= 0.6 is 11.6 Å². The molecule has 0 N–H and O–H groups in total. The number of benzene rings is 2. The topological polar surface area (TPSA) is 18.5 Å². The Morgan fingerprint density at radius 2 is 1.84 bits per heavy atom. The van der Waals surface area contributed by atoms with Gasteiger partial charge in [0.2, 0.25) is 0 Å². The van der Waals surface area contributed by atoms with Crippen molar-refractivity contribution in [2.75, 3.05) is 6.79 Å². The molecule has 2 nitrogen and oxygen atoms in total. The molecule has 0 saturated heterocycles. The zero-order valence-electron chi connectivity index (χ0n) is 10.0. The molecule has 0 aromatic heterocycles. The van der Waals surface area contributed by atoms with Crippen molar-refractivity contribution in [1.29, 1.82) is 0 Å². The zero-order valence-corrected chi connectivity index (χ0v) is 12.5. The maximum atomic E-state index is 6.32. The second kappa shape index (κ2) is 5.70. The maximum absolute atomic E-state index is 6.32. The first-order valence-electron chi connectivity index (χ1n) is 5.81. The van der Waals surface area contributed by atoms with Crippen molar-refractivity contribution in [1.82, 2.24) is 0 Å². The molecule has 96 valence electrons. The van der Waals surface area contributed by atoms with Crippen molar-refractivity contribution in [3.05, 3.63) is 58.0 Å². The van der Waals surface area contributed by atoms with E-state index in [1.807, 2.05) is 42.5 Å². The van der Waals surface area contributed by atoms with Gasteiger partial charge in [-0.1, -0.05) is 0 Å². The van der Waals surface area contributed by atoms with Crippen LogP contribution in [-0.4, -0.2) is 21.7 Å². The molecular weight excluding hydrogens is 327 g/mol. The number of fused-ring (bicyclic) bond motifs is 1. The predicted octanol–water partition coefficient (Wildman–Crippen LogP) is 2.98. The summed E-state index contributed by atoms with van der Waals surface area (Å²) in [5.74, 6) is 1.58. The molecule has 0 radical (unpaired) electrons. The number of ether oxygens (including phenoxy) is 2. The van der Waals surface area contributed by atoms with Crippen molar-refractivity contribution in [3.8, 4) is 11.5 Å². The average molecular weight is 338 g/mol. The Hall–Kier alpha value is -1.41. The van der Waals surface area contributed by atoms with E-state index < -0.39 is 0 Å². The van der Waals surface area contributed by atoms with E-state index in [0.29, 0.717) is 6.79 Å². The van der Waals surface area contributed by atoms with Gasteiger partial charge in [0.05, 0.1) is 0 Å². The van der Waals surface area contributed by atoms with Crippen LogP contribution in [0.25, 0.3) is 6.08 Å². The summed E-state index contributed by atoms with van der Waals surface area (Å²) in [5, 5.41) is 0. The van der Waals surface area contributed by atoms with Gasteiger partial charge < -0.3 is 0 Å². The minimum absolute atomic E-state index is 0.138. The first-order chi connectivity index (χ1) is 9.31. The van der Waals surface area contributed by atoms with Gasteiger partial charge in [0, 0.05) is 0 Å². The van der Waals surface area contributed by atoms with E-state index in [9.17, 15) is 0 Å². The van der Waals surface area contributed by atoms with Gasteiger partial charge >= 0.3 is 123 Å². The van der Waals surface area contributed by atoms with Gasteiger partial charge in [-0.3, -0.25) is 0 Å². The summed E-state index contributed by atoms with van der Waals surface area (Å²) in [6, 6.07) is 16.1. The molecule has 1 aliphatic heterocycles. The monoisotopic (exact) mass is 338 g/mol. The summed E-state index contributed by atoms with van der Waals surface area (Å²) in [6.45, 7) is 0.296. The molecule has 0 aliphatic carbocycles. The summed E-state index contributed by atoms with van der Waals surface area (Å²) in [5.41, 5.74) is 1.03. The second-order valence-electron chi connectivity index (χ2n) is 3.98. The van der Waals surface area contributed by atoms with Crippen LogP contribution in [0.5, 0.6) is 11.5 Å². The van der Waals surface area contributed by atoms with E-state index in [1.165, 1.54) is 4.46 Å². The Morgan fingerprint density at radius 3 is 2.68 bits per heavy atom. The van der Waals surface area contributed by atoms with Crippen molar-refractivity contribution in [2.45, 2.75) is 0 Å². The molecule has 3 rings (SSSR count). The first kappa shape index (κ1) is 12.6. The molecule has 0 unspecified atom stereocenters. The third-order valence-electron chi connectivity index (χ3n) is 2.64. The Balaban J connectivity index is 1.77. The van der Waals surface area contributed by atoms with Gasteiger partial charge in [-0.15, -0.1) is 0 Å². The fourth-order valence-electron chi connectivity index (χ4n) is 1.76. The van der Waals surface area contributed by atoms with Crippen LogP contribution in [0.2, 0.25) is 0 Å². The Morgan fingerprint density at radius 1 is 1.05 bits per heavy atom. The van der Waals surface area contributed by atoms with Gasteiger partial charge in [-0.05, 0) is 0 Å². The van der Waals surface area contributed by atoms with Crippen LogP contribution in [0.3, 0.4) is 0 Å². The molecule has 1 aliphatic rings. The van der Waals surface area contributed by atoms with Crippen molar-refractivity contribution in [2.24, 2.45) is 0 Å². The predicted molar refractivity (Wildman–Crippen MR) is 78.2 cm³/mol. The second-order valence-corrected chi connectivity index (χ2v) is 7.23. The molecule has 4 heteroatoms. The zero-order chi connectivity index (χ0) is 13.1. The number of hydrogen-bond donors (Lipinski definition) is 0. The van der Waals surface area contributed by atoms with E-state index in [1.54, 1.807) is 0 Å². The molecule has 2 aromatic carbocycles. The molecule has 0 spiro atoms. The minimum atomic E-state index is 0.138. The third kappa shape index (κ3) is 3.13. The molecule has 0 atom stereocenters. The van der Waals surface area contributed by atoms with Gasteiger partial charge in [0.25, 0.3) is 0 Å². The molecule has 0 amide bonds. The van der Waals surface area contributed by atoms with E-state index in [-0.39, 0.29) is 15.0 Å². The van der Waals surface area contributed by atoms with Crippen LogP contribution < -0.4 is 13.9 Å². The van der Waals surface area contributed by atoms with Crippen LogP contribution in [0.1, 0.15) is 5.56 Å². The molecule has 0 saturated carbocycles. The molecule has 19 heavy (non-hydrogen) atoms. The van der Waals surface area contributed by atoms with Gasteiger partial charge in [-0.25, -0.2) is 0 Å². The fraction of sp³-hybridized carbons (Fsp3) is 0.0667. The van der Waals surface area contributed by atoms with E-state index in [2.05, 4.69) is 12.1 Å². The summed E-state index contributed by atoms with van der Waals surface area (Å²) >= 11 is 6.46. The number of hydrogen-bond acceptors (Lipinski definition) is 2. The van der Waals surface area contributed by atoms with Crippen LogP contribution in [0, 0.1) is 0 Å². The Labute approximate surface area is 123 Å². The van der Waals surface area contributed by atoms with E-state index >= 15 is 0 Å². The molecule has 2 aromatic rings. The van der Waals surface area contributed by atoms with Crippen LogP contribution in [0.4, 0.5) is 0 Å². The summed E-state index contributed by atoms with van der Waals surface area (Å²) in [7, 11) is 0. The Bertz CT molecular complexity index is 611. The van der Waals surface area contributed by atoms with Gasteiger partial charge in [-0.2, -0.15) is 0 Å². The normalized spacial score (nSPS) is 13.6. The summed E-state index contributed by atoms with van der Waals surface area (Å²) in [4.78, 5) is 0. The summed E-state index contributed by atoms with van der Waals surface area (Å²) in [6.07, 6.45) is 1.98. The third-order valence-corrected chi connectivity index (χ3v) is 4.87. The molecule has 1 heterocycles. The first-order valence-corrected chi connectivity index (χ1v) is 7.90. The quantitative estimate of drug-likeness (QED) is 0.802. The molecule has 0 fully saturated rings. The van der Waals surface area contributed by atoms with Crippen molar-refractivity contribution in [3.63, 3.8) is 0 Å². The Kier molecular flexibility index (Phi) is 3.79. The summed E-state index contributed by atoms with van der Waals surface area (Å²) < 4.78 is 12.8. The van der Waals surface area contributed by atoms with E-state index in [4.69, 9.17) is 21.1 Å². The number of halogens is 1. The van der Waals surface area contributed by atoms with Crippen LogP contribution in [0.15, 0.2) is 52.5 Å². The van der Waals surface area contributed by atoms with Gasteiger partial charge in [0.15, 0.2) is 0 Å². The molecule has 0 bridgehead atoms.